The van der Waals surface area contributed by atoms with Crippen molar-refractivity contribution in [1.82, 2.24) is 0 Å². The highest BCUT2D eigenvalue weighted by Gasteiger charge is 2.16. The molecular weight excluding hydrogens is 235 g/mol. The zero-order chi connectivity index (χ0) is 13.7. The Hall–Kier alpha value is -1.65. The minimum atomic E-state index is -0.562. The van der Waals surface area contributed by atoms with E-state index in [2.05, 4.69) is 19.2 Å². The van der Waals surface area contributed by atoms with Crippen LogP contribution in [0, 0.1) is 28.8 Å². The van der Waals surface area contributed by atoms with Gasteiger partial charge >= 0.3 is 0 Å². The van der Waals surface area contributed by atoms with E-state index < -0.39 is 10.7 Å². The average molecular weight is 254 g/mol. The van der Waals surface area contributed by atoms with E-state index in [1.807, 2.05) is 0 Å². The fourth-order valence-electron chi connectivity index (χ4n) is 1.70. The summed E-state index contributed by atoms with van der Waals surface area (Å²) >= 11 is 0. The number of hydrogen-bond donors (Lipinski definition) is 1. The zero-order valence-corrected chi connectivity index (χ0v) is 11.0. The standard InChI is InChI=1S/C13H19FN2O2/c1-9(2)5-4-6-15-12-7-10(3)11(14)8-13(12)16(17)18/h7-9,15H,4-6H2,1-3H3. The number of halogens is 1. The molecule has 5 heteroatoms. The van der Waals surface area contributed by atoms with E-state index in [-0.39, 0.29) is 5.69 Å². The third kappa shape index (κ3) is 3.98. The largest absolute Gasteiger partial charge is 0.379 e. The van der Waals surface area contributed by atoms with Crippen LogP contribution in [-0.2, 0) is 0 Å². The maximum Gasteiger partial charge on any atom is 0.295 e. The van der Waals surface area contributed by atoms with Gasteiger partial charge in [-0.15, -0.1) is 0 Å². The molecule has 18 heavy (non-hydrogen) atoms. The van der Waals surface area contributed by atoms with Crippen molar-refractivity contribution in [3.8, 4) is 0 Å². The van der Waals surface area contributed by atoms with Crippen LogP contribution >= 0.6 is 0 Å². The summed E-state index contributed by atoms with van der Waals surface area (Å²) in [4.78, 5) is 10.3. The van der Waals surface area contributed by atoms with Crippen molar-refractivity contribution in [2.75, 3.05) is 11.9 Å². The van der Waals surface area contributed by atoms with Crippen LogP contribution in [0.4, 0.5) is 15.8 Å². The predicted molar refractivity (Wildman–Crippen MR) is 70.4 cm³/mol. The van der Waals surface area contributed by atoms with E-state index in [0.29, 0.717) is 23.7 Å². The number of hydrogen-bond acceptors (Lipinski definition) is 3. The highest BCUT2D eigenvalue weighted by atomic mass is 19.1. The van der Waals surface area contributed by atoms with E-state index in [9.17, 15) is 14.5 Å². The number of nitrogens with one attached hydrogen (secondary N) is 1. The molecule has 0 aliphatic heterocycles. The van der Waals surface area contributed by atoms with Gasteiger partial charge in [-0.3, -0.25) is 10.1 Å². The minimum absolute atomic E-state index is 0.206. The van der Waals surface area contributed by atoms with Gasteiger partial charge in [0.05, 0.1) is 11.0 Å². The van der Waals surface area contributed by atoms with Crippen LogP contribution in [0.25, 0.3) is 0 Å². The normalized spacial score (nSPS) is 10.7. The summed E-state index contributed by atoms with van der Waals surface area (Å²) in [6, 6.07) is 2.46. The van der Waals surface area contributed by atoms with Gasteiger partial charge in [0.2, 0.25) is 0 Å². The van der Waals surface area contributed by atoms with E-state index in [0.717, 1.165) is 18.9 Å². The first-order valence-electron chi connectivity index (χ1n) is 6.10. The summed E-state index contributed by atoms with van der Waals surface area (Å²) in [5.74, 6) is 0.0613. The molecule has 0 aliphatic rings. The van der Waals surface area contributed by atoms with Crippen LogP contribution in [-0.4, -0.2) is 11.5 Å². The molecule has 0 saturated carbocycles. The third-order valence-corrected chi connectivity index (χ3v) is 2.75. The molecule has 100 valence electrons. The summed E-state index contributed by atoms with van der Waals surface area (Å²) < 4.78 is 13.3. The highest BCUT2D eigenvalue weighted by Crippen LogP contribution is 2.27. The number of rotatable bonds is 6. The maximum atomic E-state index is 13.3. The number of aryl methyl sites for hydroxylation is 1. The van der Waals surface area contributed by atoms with Gasteiger partial charge in [-0.2, -0.15) is 0 Å². The second-order valence-corrected chi connectivity index (χ2v) is 4.84. The number of nitro benzene ring substituents is 1. The average Bonchev–Trinajstić information content (AvgIpc) is 2.28. The molecule has 0 atom stereocenters. The van der Waals surface area contributed by atoms with Crippen LogP contribution in [0.2, 0.25) is 0 Å². The number of nitrogens with zero attached hydrogens (tertiary/aromatic N) is 1. The first-order valence-corrected chi connectivity index (χ1v) is 6.10. The Balaban J connectivity index is 2.74. The highest BCUT2D eigenvalue weighted by molar-refractivity contribution is 5.63. The molecule has 1 aromatic carbocycles. The SMILES string of the molecule is Cc1cc(NCCCC(C)C)c([N+](=O)[O-])cc1F. The molecule has 0 unspecified atom stereocenters. The molecule has 0 heterocycles. The van der Waals surface area contributed by atoms with Crippen molar-refractivity contribution in [1.29, 1.82) is 0 Å². The van der Waals surface area contributed by atoms with Crippen molar-refractivity contribution in [3.05, 3.63) is 33.6 Å². The van der Waals surface area contributed by atoms with E-state index in [1.165, 1.54) is 6.07 Å². The lowest BCUT2D eigenvalue weighted by atomic mass is 10.1. The van der Waals surface area contributed by atoms with Gasteiger partial charge < -0.3 is 5.32 Å². The second-order valence-electron chi connectivity index (χ2n) is 4.84. The molecule has 0 amide bonds. The first-order chi connectivity index (χ1) is 8.41. The summed E-state index contributed by atoms with van der Waals surface area (Å²) in [7, 11) is 0. The van der Waals surface area contributed by atoms with Gasteiger partial charge in [0.15, 0.2) is 0 Å². The van der Waals surface area contributed by atoms with Gasteiger partial charge in [-0.25, -0.2) is 4.39 Å². The molecule has 0 saturated heterocycles. The van der Waals surface area contributed by atoms with Crippen molar-refractivity contribution in [2.45, 2.75) is 33.6 Å². The smallest absolute Gasteiger partial charge is 0.295 e. The summed E-state index contributed by atoms with van der Waals surface area (Å²) in [6.45, 7) is 6.51. The summed E-state index contributed by atoms with van der Waals surface area (Å²) in [5, 5.41) is 13.8. The number of benzene rings is 1. The van der Waals surface area contributed by atoms with Crippen molar-refractivity contribution < 1.29 is 9.31 Å². The first kappa shape index (κ1) is 14.4. The lowest BCUT2D eigenvalue weighted by molar-refractivity contribution is -0.384. The molecule has 0 bridgehead atoms. The molecule has 0 spiro atoms. The summed E-state index contributed by atoms with van der Waals surface area (Å²) in [6.07, 6.45) is 1.99. The molecule has 0 aliphatic carbocycles. The van der Waals surface area contributed by atoms with Crippen molar-refractivity contribution >= 4 is 11.4 Å². The van der Waals surface area contributed by atoms with Crippen LogP contribution < -0.4 is 5.32 Å². The third-order valence-electron chi connectivity index (χ3n) is 2.75. The summed E-state index contributed by atoms with van der Waals surface area (Å²) in [5.41, 5.74) is 0.595. The Morgan fingerprint density at radius 3 is 2.67 bits per heavy atom. The number of nitro groups is 1. The van der Waals surface area contributed by atoms with Crippen LogP contribution in [0.1, 0.15) is 32.3 Å². The van der Waals surface area contributed by atoms with Gasteiger partial charge in [-0.1, -0.05) is 13.8 Å². The van der Waals surface area contributed by atoms with Crippen molar-refractivity contribution in [2.24, 2.45) is 5.92 Å². The van der Waals surface area contributed by atoms with Gasteiger partial charge in [-0.05, 0) is 37.3 Å². The van der Waals surface area contributed by atoms with Crippen LogP contribution in [0.3, 0.4) is 0 Å². The van der Waals surface area contributed by atoms with E-state index in [4.69, 9.17) is 0 Å². The quantitative estimate of drug-likeness (QED) is 0.476. The molecule has 1 N–H and O–H groups in total. The minimum Gasteiger partial charge on any atom is -0.379 e. The second kappa shape index (κ2) is 6.33. The molecule has 4 nitrogen and oxygen atoms in total. The lowest BCUT2D eigenvalue weighted by Gasteiger charge is -2.09. The molecule has 0 aromatic heterocycles. The van der Waals surface area contributed by atoms with Crippen LogP contribution in [0.15, 0.2) is 12.1 Å². The van der Waals surface area contributed by atoms with Gasteiger partial charge in [0.1, 0.15) is 11.5 Å². The Kier molecular flexibility index (Phi) is 5.07. The topological polar surface area (TPSA) is 55.2 Å². The molecule has 0 fully saturated rings. The lowest BCUT2D eigenvalue weighted by Crippen LogP contribution is -2.06. The van der Waals surface area contributed by atoms with E-state index in [1.54, 1.807) is 6.92 Å². The maximum absolute atomic E-state index is 13.3. The van der Waals surface area contributed by atoms with Crippen LogP contribution in [0.5, 0.6) is 0 Å². The number of anilines is 1. The fraction of sp³-hybridized carbons (Fsp3) is 0.538. The fourth-order valence-corrected chi connectivity index (χ4v) is 1.70. The van der Waals surface area contributed by atoms with Crippen molar-refractivity contribution in [3.63, 3.8) is 0 Å². The Bertz CT molecular complexity index is 433. The molecular formula is C13H19FN2O2. The Morgan fingerprint density at radius 2 is 2.11 bits per heavy atom. The predicted octanol–water partition coefficient (Wildman–Crippen LogP) is 3.89. The molecule has 0 radical (unpaired) electrons. The zero-order valence-electron chi connectivity index (χ0n) is 11.0. The van der Waals surface area contributed by atoms with Gasteiger partial charge in [0, 0.05) is 6.54 Å². The Labute approximate surface area is 106 Å². The molecule has 1 rings (SSSR count). The van der Waals surface area contributed by atoms with Gasteiger partial charge in [0.25, 0.3) is 5.69 Å². The Morgan fingerprint density at radius 1 is 1.44 bits per heavy atom. The van der Waals surface area contributed by atoms with E-state index >= 15 is 0 Å². The monoisotopic (exact) mass is 254 g/mol. The molecule has 1 aromatic rings.